The molecule has 120 valence electrons. The van der Waals surface area contributed by atoms with Gasteiger partial charge in [-0.15, -0.1) is 12.4 Å². The molecule has 2 heterocycles. The van der Waals surface area contributed by atoms with Crippen molar-refractivity contribution >= 4 is 18.3 Å². The number of hydrogen-bond donors (Lipinski definition) is 2. The van der Waals surface area contributed by atoms with Crippen molar-refractivity contribution in [2.24, 2.45) is 5.92 Å². The lowest BCUT2D eigenvalue weighted by atomic mass is 10.1. The smallest absolute Gasteiger partial charge is 0.227 e. The molecule has 6 nitrogen and oxygen atoms in total. The molecule has 2 N–H and O–H groups in total. The number of carbonyl (C=O) groups excluding carboxylic acids is 1. The second-order valence-electron chi connectivity index (χ2n) is 5.70. The van der Waals surface area contributed by atoms with Gasteiger partial charge in [0.15, 0.2) is 5.82 Å². The minimum Gasteiger partial charge on any atom is -0.356 e. The van der Waals surface area contributed by atoms with Crippen LogP contribution < -0.4 is 10.6 Å². The van der Waals surface area contributed by atoms with Crippen LogP contribution in [-0.2, 0) is 11.2 Å². The summed E-state index contributed by atoms with van der Waals surface area (Å²) in [7, 11) is 0. The first kappa shape index (κ1) is 17.9. The second-order valence-corrected chi connectivity index (χ2v) is 5.70. The van der Waals surface area contributed by atoms with E-state index in [1.807, 2.05) is 13.8 Å². The fourth-order valence-electron chi connectivity index (χ4n) is 2.29. The van der Waals surface area contributed by atoms with Crippen molar-refractivity contribution < 1.29 is 9.32 Å². The lowest BCUT2D eigenvalue weighted by Crippen LogP contribution is -2.26. The van der Waals surface area contributed by atoms with E-state index in [1.54, 1.807) is 0 Å². The first-order valence-electron chi connectivity index (χ1n) is 7.45. The maximum Gasteiger partial charge on any atom is 0.227 e. The lowest BCUT2D eigenvalue weighted by molar-refractivity contribution is -0.121. The maximum absolute atomic E-state index is 11.7. The molecule has 0 aliphatic carbocycles. The molecule has 1 aromatic rings. The van der Waals surface area contributed by atoms with Crippen LogP contribution in [0.15, 0.2) is 4.52 Å². The molecule has 21 heavy (non-hydrogen) atoms. The van der Waals surface area contributed by atoms with Gasteiger partial charge >= 0.3 is 0 Å². The summed E-state index contributed by atoms with van der Waals surface area (Å²) in [6, 6.07) is 0. The summed E-state index contributed by atoms with van der Waals surface area (Å²) in [6.07, 6.45) is 3.19. The van der Waals surface area contributed by atoms with Gasteiger partial charge in [0.1, 0.15) is 0 Å². The highest BCUT2D eigenvalue weighted by atomic mass is 35.5. The van der Waals surface area contributed by atoms with Crippen LogP contribution in [0.2, 0.25) is 0 Å². The third kappa shape index (κ3) is 6.01. The summed E-state index contributed by atoms with van der Waals surface area (Å²) >= 11 is 0. The first-order chi connectivity index (χ1) is 9.65. The fourth-order valence-corrected chi connectivity index (χ4v) is 2.29. The molecular weight excluding hydrogens is 292 g/mol. The van der Waals surface area contributed by atoms with Gasteiger partial charge in [-0.2, -0.15) is 4.98 Å². The van der Waals surface area contributed by atoms with Gasteiger partial charge in [-0.3, -0.25) is 4.79 Å². The Kier molecular flexibility index (Phi) is 7.67. The number of amides is 1. The molecule has 1 aliphatic rings. The Morgan fingerprint density at radius 3 is 2.95 bits per heavy atom. The quantitative estimate of drug-likeness (QED) is 0.799. The van der Waals surface area contributed by atoms with Gasteiger partial charge in [-0.05, 0) is 31.8 Å². The molecule has 7 heteroatoms. The summed E-state index contributed by atoms with van der Waals surface area (Å²) in [6.45, 7) is 6.97. The van der Waals surface area contributed by atoms with Crippen molar-refractivity contribution in [2.45, 2.75) is 45.4 Å². The van der Waals surface area contributed by atoms with E-state index in [1.165, 1.54) is 6.42 Å². The van der Waals surface area contributed by atoms with Gasteiger partial charge in [0.2, 0.25) is 11.8 Å². The minimum atomic E-state index is 0. The minimum absolute atomic E-state index is 0. The van der Waals surface area contributed by atoms with Crippen LogP contribution >= 0.6 is 12.4 Å². The van der Waals surface area contributed by atoms with E-state index in [2.05, 4.69) is 20.8 Å². The number of aryl methyl sites for hydroxylation is 1. The van der Waals surface area contributed by atoms with Crippen molar-refractivity contribution in [3.63, 3.8) is 0 Å². The van der Waals surface area contributed by atoms with E-state index < -0.39 is 0 Å². The first-order valence-corrected chi connectivity index (χ1v) is 7.45. The Balaban J connectivity index is 0.00000220. The largest absolute Gasteiger partial charge is 0.356 e. The number of rotatable bonds is 7. The van der Waals surface area contributed by atoms with E-state index in [0.717, 1.165) is 26.1 Å². The Labute approximate surface area is 131 Å². The van der Waals surface area contributed by atoms with Gasteiger partial charge in [0.05, 0.1) is 0 Å². The molecule has 0 aromatic carbocycles. The summed E-state index contributed by atoms with van der Waals surface area (Å²) in [5, 5.41) is 10.2. The third-order valence-electron chi connectivity index (χ3n) is 3.60. The summed E-state index contributed by atoms with van der Waals surface area (Å²) in [4.78, 5) is 16.0. The molecule has 0 spiro atoms. The molecule has 1 saturated heterocycles. The van der Waals surface area contributed by atoms with E-state index in [9.17, 15) is 4.79 Å². The molecule has 1 aliphatic heterocycles. The summed E-state index contributed by atoms with van der Waals surface area (Å²) < 4.78 is 5.11. The molecule has 2 rings (SSSR count). The number of carbonyl (C=O) groups is 1. The van der Waals surface area contributed by atoms with Gasteiger partial charge in [-0.25, -0.2) is 0 Å². The van der Waals surface area contributed by atoms with Crippen molar-refractivity contribution in [3.05, 3.63) is 11.7 Å². The number of halogens is 1. The van der Waals surface area contributed by atoms with Crippen molar-refractivity contribution in [2.75, 3.05) is 19.6 Å². The summed E-state index contributed by atoms with van der Waals surface area (Å²) in [5.74, 6) is 2.26. The molecule has 1 atom stereocenters. The zero-order valence-corrected chi connectivity index (χ0v) is 13.5. The van der Waals surface area contributed by atoms with Crippen LogP contribution in [0.3, 0.4) is 0 Å². The molecular formula is C14H25ClN4O2. The summed E-state index contributed by atoms with van der Waals surface area (Å²) in [5.41, 5.74) is 0. The molecule has 0 saturated carbocycles. The number of hydrogen-bond acceptors (Lipinski definition) is 5. The normalized spacial score (nSPS) is 17.8. The average Bonchev–Trinajstić information content (AvgIpc) is 3.07. The highest BCUT2D eigenvalue weighted by Crippen LogP contribution is 2.11. The Bertz CT molecular complexity index is 430. The van der Waals surface area contributed by atoms with Crippen LogP contribution in [-0.4, -0.2) is 35.7 Å². The van der Waals surface area contributed by atoms with E-state index in [0.29, 0.717) is 30.5 Å². The van der Waals surface area contributed by atoms with Crippen molar-refractivity contribution in [1.29, 1.82) is 0 Å². The third-order valence-corrected chi connectivity index (χ3v) is 3.60. The predicted molar refractivity (Wildman–Crippen MR) is 82.6 cm³/mol. The SMILES string of the molecule is CC(C)c1noc(CCC(=O)NCCC2CCNC2)n1.Cl. The van der Waals surface area contributed by atoms with Gasteiger partial charge in [-0.1, -0.05) is 19.0 Å². The Morgan fingerprint density at radius 2 is 2.33 bits per heavy atom. The van der Waals surface area contributed by atoms with E-state index in [4.69, 9.17) is 4.52 Å². The fraction of sp³-hybridized carbons (Fsp3) is 0.786. The van der Waals surface area contributed by atoms with E-state index >= 15 is 0 Å². The topological polar surface area (TPSA) is 80.0 Å². The van der Waals surface area contributed by atoms with Gasteiger partial charge in [0, 0.05) is 25.3 Å². The average molecular weight is 317 g/mol. The standard InChI is InChI=1S/C14H24N4O2.ClH/c1-10(2)14-17-13(20-18-14)4-3-12(19)16-8-6-11-5-7-15-9-11;/h10-11,15H,3-9H2,1-2H3,(H,16,19);1H. The Morgan fingerprint density at radius 1 is 1.52 bits per heavy atom. The molecule has 1 aromatic heterocycles. The molecule has 1 fully saturated rings. The molecule has 0 radical (unpaired) electrons. The predicted octanol–water partition coefficient (Wildman–Crippen LogP) is 1.66. The number of nitrogens with one attached hydrogen (secondary N) is 2. The van der Waals surface area contributed by atoms with Crippen LogP contribution in [0.25, 0.3) is 0 Å². The Hall–Kier alpha value is -1.14. The maximum atomic E-state index is 11.7. The number of aromatic nitrogens is 2. The van der Waals surface area contributed by atoms with E-state index in [-0.39, 0.29) is 24.2 Å². The highest BCUT2D eigenvalue weighted by Gasteiger charge is 2.14. The zero-order valence-electron chi connectivity index (χ0n) is 12.7. The lowest BCUT2D eigenvalue weighted by Gasteiger charge is -2.08. The van der Waals surface area contributed by atoms with Crippen LogP contribution in [0.1, 0.15) is 50.7 Å². The van der Waals surface area contributed by atoms with Crippen LogP contribution in [0.5, 0.6) is 0 Å². The molecule has 1 amide bonds. The number of nitrogens with zero attached hydrogens (tertiary/aromatic N) is 2. The van der Waals surface area contributed by atoms with Crippen LogP contribution in [0, 0.1) is 5.92 Å². The second kappa shape index (κ2) is 9.00. The molecule has 1 unspecified atom stereocenters. The monoisotopic (exact) mass is 316 g/mol. The van der Waals surface area contributed by atoms with Gasteiger partial charge < -0.3 is 15.2 Å². The molecule has 0 bridgehead atoms. The zero-order chi connectivity index (χ0) is 14.4. The van der Waals surface area contributed by atoms with Gasteiger partial charge in [0.25, 0.3) is 0 Å². The van der Waals surface area contributed by atoms with Crippen molar-refractivity contribution in [3.8, 4) is 0 Å². The van der Waals surface area contributed by atoms with Crippen molar-refractivity contribution in [1.82, 2.24) is 20.8 Å². The van der Waals surface area contributed by atoms with Crippen LogP contribution in [0.4, 0.5) is 0 Å². The highest BCUT2D eigenvalue weighted by molar-refractivity contribution is 5.85.